The molecule has 0 unspecified atom stereocenters. The molecular formula is C10H13NO2. The van der Waals surface area contributed by atoms with Gasteiger partial charge in [0.2, 0.25) is 0 Å². The first-order valence-electron chi connectivity index (χ1n) is 4.06. The number of benzene rings is 1. The highest BCUT2D eigenvalue weighted by molar-refractivity contribution is 5.58. The van der Waals surface area contributed by atoms with Gasteiger partial charge in [-0.3, -0.25) is 0 Å². The topological polar surface area (TPSA) is 66.5 Å². The highest BCUT2D eigenvalue weighted by Crippen LogP contribution is 2.28. The Morgan fingerprint density at radius 2 is 1.92 bits per heavy atom. The van der Waals surface area contributed by atoms with Crippen molar-refractivity contribution in [3.8, 4) is 11.5 Å². The Bertz CT molecular complexity index is 321. The molecular weight excluding hydrogens is 166 g/mol. The lowest BCUT2D eigenvalue weighted by Crippen LogP contribution is -2.03. The van der Waals surface area contributed by atoms with Gasteiger partial charge < -0.3 is 15.9 Å². The smallest absolute Gasteiger partial charge is 0.158 e. The zero-order valence-corrected chi connectivity index (χ0v) is 7.33. The van der Waals surface area contributed by atoms with E-state index in [1.54, 1.807) is 6.08 Å². The molecule has 4 N–H and O–H groups in total. The molecule has 0 amide bonds. The highest BCUT2D eigenvalue weighted by atomic mass is 16.3. The summed E-state index contributed by atoms with van der Waals surface area (Å²) < 4.78 is 0. The fraction of sp³-hybridized carbons (Fsp3) is 0.200. The fourth-order valence-corrected chi connectivity index (χ4v) is 1.20. The van der Waals surface area contributed by atoms with Crippen LogP contribution in [0.15, 0.2) is 18.7 Å². The van der Waals surface area contributed by atoms with Gasteiger partial charge in [0.1, 0.15) is 0 Å². The maximum absolute atomic E-state index is 9.22. The van der Waals surface area contributed by atoms with Crippen molar-refractivity contribution in [3.05, 3.63) is 29.8 Å². The molecule has 1 rings (SSSR count). The fourth-order valence-electron chi connectivity index (χ4n) is 1.20. The quantitative estimate of drug-likeness (QED) is 0.611. The van der Waals surface area contributed by atoms with E-state index in [9.17, 15) is 10.2 Å². The highest BCUT2D eigenvalue weighted by Gasteiger charge is 2.05. The Morgan fingerprint density at radius 1 is 1.31 bits per heavy atom. The number of hydrogen-bond acceptors (Lipinski definition) is 3. The third-order valence-corrected chi connectivity index (χ3v) is 1.87. The average molecular weight is 179 g/mol. The van der Waals surface area contributed by atoms with Crippen molar-refractivity contribution in [2.75, 3.05) is 6.54 Å². The van der Waals surface area contributed by atoms with Gasteiger partial charge in [0.15, 0.2) is 11.5 Å². The number of phenolic OH excluding ortho intramolecular Hbond substituents is 2. The minimum absolute atomic E-state index is 0.117. The lowest BCUT2D eigenvalue weighted by molar-refractivity contribution is 0.403. The van der Waals surface area contributed by atoms with Crippen LogP contribution < -0.4 is 5.73 Å². The largest absolute Gasteiger partial charge is 0.504 e. The Kier molecular flexibility index (Phi) is 2.93. The second-order valence-electron chi connectivity index (χ2n) is 2.78. The van der Waals surface area contributed by atoms with E-state index in [0.29, 0.717) is 13.0 Å². The van der Waals surface area contributed by atoms with Crippen molar-refractivity contribution < 1.29 is 10.2 Å². The summed E-state index contributed by atoms with van der Waals surface area (Å²) in [6.07, 6.45) is 2.29. The van der Waals surface area contributed by atoms with Crippen LogP contribution in [0.25, 0.3) is 6.08 Å². The third kappa shape index (κ3) is 2.00. The van der Waals surface area contributed by atoms with Crippen LogP contribution in [-0.2, 0) is 6.42 Å². The van der Waals surface area contributed by atoms with E-state index in [1.165, 1.54) is 12.1 Å². The van der Waals surface area contributed by atoms with E-state index in [4.69, 9.17) is 5.73 Å². The molecule has 0 atom stereocenters. The molecule has 0 saturated carbocycles. The van der Waals surface area contributed by atoms with Crippen molar-refractivity contribution in [1.29, 1.82) is 0 Å². The second kappa shape index (κ2) is 3.96. The molecule has 0 radical (unpaired) electrons. The molecule has 0 aromatic heterocycles. The molecule has 3 nitrogen and oxygen atoms in total. The summed E-state index contributed by atoms with van der Waals surface area (Å²) in [5.41, 5.74) is 7.10. The summed E-state index contributed by atoms with van der Waals surface area (Å²) in [5, 5.41) is 18.4. The molecule has 1 aromatic rings. The minimum atomic E-state index is -0.129. The first kappa shape index (κ1) is 9.61. The summed E-state index contributed by atoms with van der Waals surface area (Å²) in [6, 6.07) is 2.99. The van der Waals surface area contributed by atoms with E-state index in [0.717, 1.165) is 11.1 Å². The Morgan fingerprint density at radius 3 is 2.46 bits per heavy atom. The van der Waals surface area contributed by atoms with E-state index >= 15 is 0 Å². The van der Waals surface area contributed by atoms with Crippen LogP contribution in [0.3, 0.4) is 0 Å². The molecule has 70 valence electrons. The molecule has 13 heavy (non-hydrogen) atoms. The van der Waals surface area contributed by atoms with Crippen LogP contribution in [0.5, 0.6) is 11.5 Å². The van der Waals surface area contributed by atoms with E-state index in [2.05, 4.69) is 6.58 Å². The number of hydrogen-bond donors (Lipinski definition) is 3. The third-order valence-electron chi connectivity index (χ3n) is 1.87. The van der Waals surface area contributed by atoms with Gasteiger partial charge in [-0.1, -0.05) is 12.7 Å². The predicted molar refractivity (Wildman–Crippen MR) is 52.6 cm³/mol. The van der Waals surface area contributed by atoms with Crippen LogP contribution in [0.1, 0.15) is 11.1 Å². The molecule has 0 aliphatic rings. The van der Waals surface area contributed by atoms with Crippen molar-refractivity contribution >= 4 is 6.08 Å². The van der Waals surface area contributed by atoms with Crippen molar-refractivity contribution in [2.24, 2.45) is 5.73 Å². The van der Waals surface area contributed by atoms with E-state index in [1.807, 2.05) is 0 Å². The molecule has 0 aliphatic heterocycles. The Labute approximate surface area is 77.1 Å². The standard InChI is InChI=1S/C10H13NO2/c1-2-7-5-9(12)10(13)6-8(7)3-4-11/h2,5-6,12-13H,1,3-4,11H2. The zero-order valence-electron chi connectivity index (χ0n) is 7.33. The average Bonchev–Trinajstić information content (AvgIpc) is 2.11. The molecule has 0 spiro atoms. The van der Waals surface area contributed by atoms with Gasteiger partial charge in [-0.15, -0.1) is 0 Å². The summed E-state index contributed by atoms with van der Waals surface area (Å²) in [5.74, 6) is -0.246. The molecule has 0 aliphatic carbocycles. The molecule has 0 bridgehead atoms. The minimum Gasteiger partial charge on any atom is -0.504 e. The summed E-state index contributed by atoms with van der Waals surface area (Å²) in [4.78, 5) is 0. The van der Waals surface area contributed by atoms with Crippen LogP contribution in [0.2, 0.25) is 0 Å². The molecule has 0 fully saturated rings. The van der Waals surface area contributed by atoms with E-state index in [-0.39, 0.29) is 11.5 Å². The molecule has 1 aromatic carbocycles. The van der Waals surface area contributed by atoms with Crippen molar-refractivity contribution in [1.82, 2.24) is 0 Å². The molecule has 0 heterocycles. The number of nitrogens with two attached hydrogens (primary N) is 1. The zero-order chi connectivity index (χ0) is 9.84. The first-order valence-corrected chi connectivity index (χ1v) is 4.06. The van der Waals surface area contributed by atoms with Gasteiger partial charge >= 0.3 is 0 Å². The van der Waals surface area contributed by atoms with Crippen LogP contribution >= 0.6 is 0 Å². The van der Waals surface area contributed by atoms with Gasteiger partial charge in [0.25, 0.3) is 0 Å². The summed E-state index contributed by atoms with van der Waals surface area (Å²) in [6.45, 7) is 4.12. The van der Waals surface area contributed by atoms with Crippen LogP contribution in [0, 0.1) is 0 Å². The monoisotopic (exact) mass is 179 g/mol. The van der Waals surface area contributed by atoms with Gasteiger partial charge in [0.05, 0.1) is 0 Å². The second-order valence-corrected chi connectivity index (χ2v) is 2.78. The SMILES string of the molecule is C=Cc1cc(O)c(O)cc1CCN. The van der Waals surface area contributed by atoms with Gasteiger partial charge in [-0.05, 0) is 36.2 Å². The summed E-state index contributed by atoms with van der Waals surface area (Å²) >= 11 is 0. The number of rotatable bonds is 3. The van der Waals surface area contributed by atoms with Crippen molar-refractivity contribution in [2.45, 2.75) is 6.42 Å². The predicted octanol–water partition coefficient (Wildman–Crippen LogP) is 1.24. The maximum atomic E-state index is 9.22. The number of phenols is 2. The van der Waals surface area contributed by atoms with Gasteiger partial charge in [0, 0.05) is 0 Å². The normalized spacial score (nSPS) is 9.92. The first-order chi connectivity index (χ1) is 6.19. The number of aromatic hydroxyl groups is 2. The molecule has 0 saturated heterocycles. The van der Waals surface area contributed by atoms with Gasteiger partial charge in [-0.2, -0.15) is 0 Å². The van der Waals surface area contributed by atoms with Crippen LogP contribution in [0.4, 0.5) is 0 Å². The Hall–Kier alpha value is -1.48. The molecule has 3 heteroatoms. The lowest BCUT2D eigenvalue weighted by Gasteiger charge is -2.06. The van der Waals surface area contributed by atoms with E-state index < -0.39 is 0 Å². The lowest BCUT2D eigenvalue weighted by atomic mass is 10.0. The Balaban J connectivity index is 3.16. The van der Waals surface area contributed by atoms with Crippen molar-refractivity contribution in [3.63, 3.8) is 0 Å². The van der Waals surface area contributed by atoms with Crippen LogP contribution in [-0.4, -0.2) is 16.8 Å². The maximum Gasteiger partial charge on any atom is 0.158 e. The summed E-state index contributed by atoms with van der Waals surface area (Å²) in [7, 11) is 0. The van der Waals surface area contributed by atoms with Gasteiger partial charge in [-0.25, -0.2) is 0 Å².